The first-order valence-electron chi connectivity index (χ1n) is 6.11. The molecule has 0 unspecified atom stereocenters. The number of nitrogens with one attached hydrogen (secondary N) is 2. The predicted molar refractivity (Wildman–Crippen MR) is 80.9 cm³/mol. The van der Waals surface area contributed by atoms with Crippen molar-refractivity contribution < 1.29 is 9.84 Å². The van der Waals surface area contributed by atoms with Crippen LogP contribution in [0.2, 0.25) is 0 Å². The molecule has 19 heavy (non-hydrogen) atoms. The van der Waals surface area contributed by atoms with E-state index in [1.54, 1.807) is 24.4 Å². The summed E-state index contributed by atoms with van der Waals surface area (Å²) in [6.07, 6.45) is 3.76. The Morgan fingerprint density at radius 3 is 2.95 bits per heavy atom. The van der Waals surface area contributed by atoms with Crippen molar-refractivity contribution >= 4 is 23.5 Å². The number of phenols is 1. The van der Waals surface area contributed by atoms with Gasteiger partial charge in [0.05, 0.1) is 13.3 Å². The fraction of sp³-hybridized carbons (Fsp3) is 0.385. The molecule has 0 aliphatic heterocycles. The third kappa shape index (κ3) is 5.56. The van der Waals surface area contributed by atoms with Gasteiger partial charge in [0.1, 0.15) is 0 Å². The Morgan fingerprint density at radius 1 is 1.53 bits per heavy atom. The van der Waals surface area contributed by atoms with Crippen LogP contribution in [0.1, 0.15) is 25.3 Å². The number of benzene rings is 1. The smallest absolute Gasteiger partial charge is 0.186 e. The zero-order valence-electron chi connectivity index (χ0n) is 11.1. The fourth-order valence-electron chi connectivity index (χ4n) is 1.37. The molecular weight excluding hydrogens is 262 g/mol. The Hall–Kier alpha value is -1.82. The van der Waals surface area contributed by atoms with Crippen LogP contribution < -0.4 is 15.5 Å². The lowest BCUT2D eigenvalue weighted by molar-refractivity contribution is 0.373. The van der Waals surface area contributed by atoms with E-state index in [9.17, 15) is 5.11 Å². The zero-order chi connectivity index (χ0) is 14.1. The number of hydrogen-bond donors (Lipinski definition) is 3. The number of hydrazone groups is 1. The molecule has 6 heteroatoms. The second-order valence-electron chi connectivity index (χ2n) is 3.91. The van der Waals surface area contributed by atoms with Gasteiger partial charge in [0.15, 0.2) is 16.6 Å². The molecule has 5 nitrogen and oxygen atoms in total. The van der Waals surface area contributed by atoms with E-state index >= 15 is 0 Å². The van der Waals surface area contributed by atoms with Gasteiger partial charge in [-0.15, -0.1) is 0 Å². The molecular formula is C13H19N3O2S. The first-order valence-corrected chi connectivity index (χ1v) is 6.52. The molecule has 1 aromatic rings. The van der Waals surface area contributed by atoms with E-state index in [-0.39, 0.29) is 5.75 Å². The van der Waals surface area contributed by atoms with Crippen molar-refractivity contribution in [1.82, 2.24) is 10.7 Å². The van der Waals surface area contributed by atoms with Gasteiger partial charge in [-0.05, 0) is 42.4 Å². The third-order valence-electron chi connectivity index (χ3n) is 2.40. The Bertz CT molecular complexity index is 450. The number of ether oxygens (including phenoxy) is 1. The van der Waals surface area contributed by atoms with E-state index in [2.05, 4.69) is 22.8 Å². The molecule has 1 rings (SSSR count). The van der Waals surface area contributed by atoms with Crippen molar-refractivity contribution in [3.8, 4) is 11.5 Å². The summed E-state index contributed by atoms with van der Waals surface area (Å²) in [4.78, 5) is 0. The van der Waals surface area contributed by atoms with E-state index in [1.807, 2.05) is 0 Å². The molecule has 104 valence electrons. The minimum absolute atomic E-state index is 0.0788. The van der Waals surface area contributed by atoms with E-state index < -0.39 is 0 Å². The average Bonchev–Trinajstić information content (AvgIpc) is 2.39. The summed E-state index contributed by atoms with van der Waals surface area (Å²) in [7, 11) is 1.50. The van der Waals surface area contributed by atoms with Gasteiger partial charge in [-0.25, -0.2) is 0 Å². The summed E-state index contributed by atoms with van der Waals surface area (Å²) in [6, 6.07) is 5.03. The van der Waals surface area contributed by atoms with Crippen LogP contribution in [0, 0.1) is 0 Å². The highest BCUT2D eigenvalue weighted by molar-refractivity contribution is 7.80. The summed E-state index contributed by atoms with van der Waals surface area (Å²) in [5.74, 6) is 0.511. The normalized spacial score (nSPS) is 10.4. The van der Waals surface area contributed by atoms with E-state index in [0.717, 1.165) is 24.9 Å². The molecule has 0 bridgehead atoms. The van der Waals surface area contributed by atoms with Crippen molar-refractivity contribution in [2.45, 2.75) is 19.8 Å². The molecule has 0 spiro atoms. The van der Waals surface area contributed by atoms with Gasteiger partial charge in [0, 0.05) is 6.54 Å². The molecule has 0 amide bonds. The maximum atomic E-state index is 9.60. The largest absolute Gasteiger partial charge is 0.504 e. The molecule has 0 heterocycles. The van der Waals surface area contributed by atoms with Crippen molar-refractivity contribution in [3.05, 3.63) is 23.8 Å². The predicted octanol–water partition coefficient (Wildman–Crippen LogP) is 2.00. The molecule has 0 aromatic heterocycles. The number of methoxy groups -OCH3 is 1. The molecule has 0 fully saturated rings. The van der Waals surface area contributed by atoms with Crippen LogP contribution >= 0.6 is 12.2 Å². The van der Waals surface area contributed by atoms with Crippen LogP contribution in [0.3, 0.4) is 0 Å². The summed E-state index contributed by atoms with van der Waals surface area (Å²) >= 11 is 5.04. The molecule has 0 saturated heterocycles. The fourth-order valence-corrected chi connectivity index (χ4v) is 1.53. The second-order valence-corrected chi connectivity index (χ2v) is 4.32. The van der Waals surface area contributed by atoms with Crippen molar-refractivity contribution in [1.29, 1.82) is 0 Å². The monoisotopic (exact) mass is 281 g/mol. The van der Waals surface area contributed by atoms with Crippen molar-refractivity contribution in [2.75, 3.05) is 13.7 Å². The first-order chi connectivity index (χ1) is 9.17. The van der Waals surface area contributed by atoms with Crippen LogP contribution in [-0.4, -0.2) is 30.1 Å². The highest BCUT2D eigenvalue weighted by Gasteiger charge is 2.00. The Morgan fingerprint density at radius 2 is 2.32 bits per heavy atom. The van der Waals surface area contributed by atoms with Gasteiger partial charge in [-0.1, -0.05) is 13.3 Å². The van der Waals surface area contributed by atoms with Crippen molar-refractivity contribution in [2.24, 2.45) is 5.10 Å². The highest BCUT2D eigenvalue weighted by Crippen LogP contribution is 2.25. The molecule has 1 aromatic carbocycles. The maximum absolute atomic E-state index is 9.60. The lowest BCUT2D eigenvalue weighted by atomic mass is 10.2. The molecule has 0 atom stereocenters. The van der Waals surface area contributed by atoms with Gasteiger partial charge in [-0.3, -0.25) is 5.43 Å². The highest BCUT2D eigenvalue weighted by atomic mass is 32.1. The maximum Gasteiger partial charge on any atom is 0.186 e. The van der Waals surface area contributed by atoms with Gasteiger partial charge >= 0.3 is 0 Å². The molecule has 0 saturated carbocycles. The lowest BCUT2D eigenvalue weighted by Gasteiger charge is -2.05. The van der Waals surface area contributed by atoms with Crippen LogP contribution in [-0.2, 0) is 0 Å². The minimum Gasteiger partial charge on any atom is -0.504 e. The number of hydrogen-bond acceptors (Lipinski definition) is 4. The molecule has 0 radical (unpaired) electrons. The number of thiocarbonyl (C=S) groups is 1. The molecule has 0 aliphatic carbocycles. The lowest BCUT2D eigenvalue weighted by Crippen LogP contribution is -2.32. The van der Waals surface area contributed by atoms with E-state index in [4.69, 9.17) is 17.0 Å². The SMILES string of the molecule is CCCCNC(=S)NN=Cc1ccc(OC)c(O)c1. The molecule has 3 N–H and O–H groups in total. The van der Waals surface area contributed by atoms with Crippen LogP contribution in [0.5, 0.6) is 11.5 Å². The Balaban J connectivity index is 2.44. The van der Waals surface area contributed by atoms with E-state index in [1.165, 1.54) is 7.11 Å². The summed E-state index contributed by atoms with van der Waals surface area (Å²) in [5.41, 5.74) is 3.47. The number of aromatic hydroxyl groups is 1. The minimum atomic E-state index is 0.0788. The van der Waals surface area contributed by atoms with Crippen LogP contribution in [0.15, 0.2) is 23.3 Å². The summed E-state index contributed by atoms with van der Waals surface area (Å²) < 4.78 is 4.96. The Kier molecular flexibility index (Phi) is 6.67. The summed E-state index contributed by atoms with van der Waals surface area (Å²) in [6.45, 7) is 2.95. The Labute approximate surface area is 118 Å². The summed E-state index contributed by atoms with van der Waals surface area (Å²) in [5, 5.41) is 17.1. The average molecular weight is 281 g/mol. The standard InChI is InChI=1S/C13H19N3O2S/c1-3-4-7-14-13(19)16-15-9-10-5-6-12(18-2)11(17)8-10/h5-6,8-9,17H,3-4,7H2,1-2H3,(H2,14,16,19). The first kappa shape index (κ1) is 15.2. The van der Waals surface area contributed by atoms with E-state index in [0.29, 0.717) is 10.9 Å². The van der Waals surface area contributed by atoms with Crippen LogP contribution in [0.25, 0.3) is 0 Å². The number of rotatable bonds is 6. The van der Waals surface area contributed by atoms with Gasteiger partial charge in [0.2, 0.25) is 0 Å². The number of unbranched alkanes of at least 4 members (excludes halogenated alkanes) is 1. The topological polar surface area (TPSA) is 65.9 Å². The van der Waals surface area contributed by atoms with Gasteiger partial charge in [-0.2, -0.15) is 5.10 Å². The zero-order valence-corrected chi connectivity index (χ0v) is 12.0. The van der Waals surface area contributed by atoms with Crippen molar-refractivity contribution in [3.63, 3.8) is 0 Å². The molecule has 0 aliphatic rings. The van der Waals surface area contributed by atoms with Gasteiger partial charge < -0.3 is 15.2 Å². The second kappa shape index (κ2) is 8.31. The van der Waals surface area contributed by atoms with Crippen LogP contribution in [0.4, 0.5) is 0 Å². The third-order valence-corrected chi connectivity index (χ3v) is 2.63. The van der Waals surface area contributed by atoms with Gasteiger partial charge in [0.25, 0.3) is 0 Å². The quantitative estimate of drug-likeness (QED) is 0.322. The number of nitrogens with zero attached hydrogens (tertiary/aromatic N) is 1. The number of phenolic OH excluding ortho intramolecular Hbond substituents is 1.